The normalized spacial score (nSPS) is 10.3. The van der Waals surface area contributed by atoms with Gasteiger partial charge in [-0.3, -0.25) is 10.1 Å². The molecule has 0 unspecified atom stereocenters. The molecule has 0 atom stereocenters. The molecule has 10 heteroatoms. The highest BCUT2D eigenvalue weighted by Crippen LogP contribution is 2.31. The Kier molecular flexibility index (Phi) is 4.41. The van der Waals surface area contributed by atoms with E-state index < -0.39 is 4.92 Å². The summed E-state index contributed by atoms with van der Waals surface area (Å²) in [6.45, 7) is 0. The van der Waals surface area contributed by atoms with Crippen molar-refractivity contribution < 1.29 is 4.92 Å². The van der Waals surface area contributed by atoms with E-state index in [4.69, 9.17) is 11.6 Å². The van der Waals surface area contributed by atoms with Gasteiger partial charge in [0, 0.05) is 22.1 Å². The van der Waals surface area contributed by atoms with Gasteiger partial charge in [0.15, 0.2) is 0 Å². The molecule has 0 radical (unpaired) electrons. The fourth-order valence-electron chi connectivity index (χ4n) is 1.89. The maximum Gasteiger partial charge on any atom is 0.270 e. The summed E-state index contributed by atoms with van der Waals surface area (Å²) in [6, 6.07) is 12.9. The number of rotatable bonds is 4. The van der Waals surface area contributed by atoms with Gasteiger partial charge in [-0.15, -0.1) is 5.10 Å². The molecule has 2 aromatic carbocycles. The molecule has 0 fully saturated rings. The van der Waals surface area contributed by atoms with Crippen molar-refractivity contribution in [1.82, 2.24) is 20.2 Å². The molecule has 1 heterocycles. The molecule has 1 aromatic heterocycles. The number of benzene rings is 2. The van der Waals surface area contributed by atoms with Crippen molar-refractivity contribution in [3.63, 3.8) is 0 Å². The van der Waals surface area contributed by atoms with Crippen molar-refractivity contribution in [1.29, 1.82) is 5.26 Å². The Bertz CT molecular complexity index is 951. The van der Waals surface area contributed by atoms with E-state index in [9.17, 15) is 15.4 Å². The van der Waals surface area contributed by atoms with Gasteiger partial charge in [-0.1, -0.05) is 11.6 Å². The Morgan fingerprint density at radius 3 is 2.67 bits per heavy atom. The van der Waals surface area contributed by atoms with Crippen LogP contribution >= 0.6 is 23.4 Å². The molecule has 0 N–H and O–H groups in total. The number of hydrogen-bond acceptors (Lipinski definition) is 7. The molecule has 0 aliphatic heterocycles. The zero-order valence-electron chi connectivity index (χ0n) is 11.8. The zero-order valence-corrected chi connectivity index (χ0v) is 13.4. The number of halogens is 1. The Hall–Kier alpha value is -2.96. The molecule has 3 rings (SSSR count). The molecule has 8 nitrogen and oxygen atoms in total. The van der Waals surface area contributed by atoms with E-state index in [-0.39, 0.29) is 11.3 Å². The summed E-state index contributed by atoms with van der Waals surface area (Å²) in [5.41, 5.74) is 0.736. The van der Waals surface area contributed by atoms with E-state index in [2.05, 4.69) is 15.5 Å². The average Bonchev–Trinajstić information content (AvgIpc) is 3.04. The topological polar surface area (TPSA) is 111 Å². The van der Waals surface area contributed by atoms with Crippen molar-refractivity contribution >= 4 is 29.1 Å². The summed E-state index contributed by atoms with van der Waals surface area (Å²) < 4.78 is 1.49. The molecule has 0 amide bonds. The number of nitro benzene ring substituents is 1. The number of nitriles is 1. The van der Waals surface area contributed by atoms with Gasteiger partial charge >= 0.3 is 0 Å². The number of aromatic nitrogens is 4. The lowest BCUT2D eigenvalue weighted by atomic mass is 10.2. The SMILES string of the molecule is N#Cc1cc([N+](=O)[O-])ccc1Sc1nnnn1-c1ccc(Cl)cc1. The summed E-state index contributed by atoms with van der Waals surface area (Å²) in [6.07, 6.45) is 0. The van der Waals surface area contributed by atoms with Gasteiger partial charge in [-0.05, 0) is 52.5 Å². The molecular formula is C14H7ClN6O2S. The van der Waals surface area contributed by atoms with Crippen LogP contribution in [0.4, 0.5) is 5.69 Å². The number of hydrogen-bond donors (Lipinski definition) is 0. The molecule has 24 heavy (non-hydrogen) atoms. The largest absolute Gasteiger partial charge is 0.270 e. The Morgan fingerprint density at radius 1 is 1.25 bits per heavy atom. The predicted octanol–water partition coefficient (Wildman–Crippen LogP) is 3.25. The van der Waals surface area contributed by atoms with Crippen LogP contribution in [-0.4, -0.2) is 25.1 Å². The lowest BCUT2D eigenvalue weighted by molar-refractivity contribution is -0.384. The summed E-state index contributed by atoms with van der Waals surface area (Å²) >= 11 is 7.01. The highest BCUT2D eigenvalue weighted by Gasteiger charge is 2.15. The Balaban J connectivity index is 1.96. The second-order valence-corrected chi connectivity index (χ2v) is 5.95. The van der Waals surface area contributed by atoms with Gasteiger partial charge in [-0.25, -0.2) is 0 Å². The van der Waals surface area contributed by atoms with E-state index in [1.54, 1.807) is 24.3 Å². The minimum Gasteiger partial charge on any atom is -0.258 e. The van der Waals surface area contributed by atoms with E-state index in [1.807, 2.05) is 6.07 Å². The van der Waals surface area contributed by atoms with Gasteiger partial charge in [0.05, 0.1) is 16.2 Å². The summed E-state index contributed by atoms with van der Waals surface area (Å²) in [5, 5.41) is 32.5. The Labute approximate surface area is 144 Å². The van der Waals surface area contributed by atoms with Gasteiger partial charge in [0.1, 0.15) is 6.07 Å². The molecule has 0 aliphatic rings. The van der Waals surface area contributed by atoms with Crippen molar-refractivity contribution in [2.45, 2.75) is 10.1 Å². The third-order valence-electron chi connectivity index (χ3n) is 3.01. The van der Waals surface area contributed by atoms with Crippen molar-refractivity contribution in [3.05, 3.63) is 63.2 Å². The maximum absolute atomic E-state index is 10.8. The van der Waals surface area contributed by atoms with Crippen LogP contribution in [-0.2, 0) is 0 Å². The quantitative estimate of drug-likeness (QED) is 0.519. The number of tetrazole rings is 1. The molecule has 3 aromatic rings. The van der Waals surface area contributed by atoms with E-state index in [1.165, 1.54) is 22.9 Å². The first-order valence-electron chi connectivity index (χ1n) is 6.49. The number of nitrogens with zero attached hydrogens (tertiary/aromatic N) is 6. The fourth-order valence-corrected chi connectivity index (χ4v) is 2.87. The van der Waals surface area contributed by atoms with Crippen LogP contribution in [0.5, 0.6) is 0 Å². The van der Waals surface area contributed by atoms with Crippen LogP contribution in [0.3, 0.4) is 0 Å². The molecule has 0 spiro atoms. The highest BCUT2D eigenvalue weighted by atomic mass is 35.5. The van der Waals surface area contributed by atoms with E-state index >= 15 is 0 Å². The van der Waals surface area contributed by atoms with Gasteiger partial charge < -0.3 is 0 Å². The highest BCUT2D eigenvalue weighted by molar-refractivity contribution is 7.99. The second kappa shape index (κ2) is 6.66. The molecule has 0 aliphatic carbocycles. The monoisotopic (exact) mass is 358 g/mol. The van der Waals surface area contributed by atoms with Gasteiger partial charge in [0.2, 0.25) is 5.16 Å². The number of non-ortho nitro benzene ring substituents is 1. The maximum atomic E-state index is 10.8. The minimum absolute atomic E-state index is 0.145. The zero-order chi connectivity index (χ0) is 17.1. The standard InChI is InChI=1S/C14H7ClN6O2S/c15-10-1-3-11(4-2-10)20-14(17-18-19-20)24-13-6-5-12(21(22)23)7-9(13)8-16/h1-7H. The molecule has 0 bridgehead atoms. The molecule has 0 saturated carbocycles. The lowest BCUT2D eigenvalue weighted by Gasteiger charge is -2.05. The van der Waals surface area contributed by atoms with Gasteiger partial charge in [-0.2, -0.15) is 9.94 Å². The van der Waals surface area contributed by atoms with Crippen molar-refractivity contribution in [2.75, 3.05) is 0 Å². The van der Waals surface area contributed by atoms with Crippen molar-refractivity contribution in [3.8, 4) is 11.8 Å². The van der Waals surface area contributed by atoms with Crippen LogP contribution < -0.4 is 0 Å². The fraction of sp³-hybridized carbons (Fsp3) is 0. The first-order valence-corrected chi connectivity index (χ1v) is 7.68. The third-order valence-corrected chi connectivity index (χ3v) is 4.27. The van der Waals surface area contributed by atoms with Crippen LogP contribution in [0.25, 0.3) is 5.69 Å². The molecule has 118 valence electrons. The van der Waals surface area contributed by atoms with E-state index in [0.29, 0.717) is 20.8 Å². The van der Waals surface area contributed by atoms with Gasteiger partial charge in [0.25, 0.3) is 5.69 Å². The van der Waals surface area contributed by atoms with Crippen LogP contribution in [0.2, 0.25) is 5.02 Å². The predicted molar refractivity (Wildman–Crippen MR) is 86.1 cm³/mol. The average molecular weight is 359 g/mol. The second-order valence-electron chi connectivity index (χ2n) is 4.50. The lowest BCUT2D eigenvalue weighted by Crippen LogP contribution is -1.99. The van der Waals surface area contributed by atoms with Crippen LogP contribution in [0, 0.1) is 21.4 Å². The van der Waals surface area contributed by atoms with E-state index in [0.717, 1.165) is 11.8 Å². The first kappa shape index (κ1) is 15.9. The summed E-state index contributed by atoms with van der Waals surface area (Å²) in [7, 11) is 0. The smallest absolute Gasteiger partial charge is 0.258 e. The first-order chi connectivity index (χ1) is 11.6. The Morgan fingerprint density at radius 2 is 2.00 bits per heavy atom. The van der Waals surface area contributed by atoms with Crippen LogP contribution in [0.1, 0.15) is 5.56 Å². The number of nitro groups is 1. The molecular weight excluding hydrogens is 352 g/mol. The van der Waals surface area contributed by atoms with Crippen LogP contribution in [0.15, 0.2) is 52.5 Å². The van der Waals surface area contributed by atoms with Crippen molar-refractivity contribution in [2.24, 2.45) is 0 Å². The summed E-state index contributed by atoms with van der Waals surface area (Å²) in [5.74, 6) is 0. The third kappa shape index (κ3) is 3.19. The minimum atomic E-state index is -0.549. The molecule has 0 saturated heterocycles. The summed E-state index contributed by atoms with van der Waals surface area (Å²) in [4.78, 5) is 10.8.